The molecule has 2 nitrogen and oxygen atoms in total. The Bertz CT molecular complexity index is 479. The molecule has 3 unspecified atom stereocenters. The van der Waals surface area contributed by atoms with Crippen LogP contribution in [0.15, 0.2) is 18.2 Å². The van der Waals surface area contributed by atoms with Crippen molar-refractivity contribution in [1.29, 1.82) is 0 Å². The molecule has 1 fully saturated rings. The number of ether oxygens (including phenoxy) is 1. The van der Waals surface area contributed by atoms with Crippen LogP contribution in [0.4, 0.5) is 0 Å². The second kappa shape index (κ2) is 6.42. The van der Waals surface area contributed by atoms with Crippen molar-refractivity contribution < 1.29 is 9.53 Å². The van der Waals surface area contributed by atoms with Crippen molar-refractivity contribution in [3.63, 3.8) is 0 Å². The van der Waals surface area contributed by atoms with Gasteiger partial charge in [-0.05, 0) is 18.2 Å². The largest absolute Gasteiger partial charge is 0.495 e. The van der Waals surface area contributed by atoms with Crippen LogP contribution in [0.25, 0.3) is 0 Å². The molecule has 1 heterocycles. The van der Waals surface area contributed by atoms with Gasteiger partial charge in [0.2, 0.25) is 0 Å². The van der Waals surface area contributed by atoms with Gasteiger partial charge >= 0.3 is 0 Å². The lowest BCUT2D eigenvalue weighted by atomic mass is 10.1. The zero-order valence-corrected chi connectivity index (χ0v) is 13.6. The Balaban J connectivity index is 2.15. The van der Waals surface area contributed by atoms with Crippen molar-refractivity contribution >= 4 is 40.9 Å². The summed E-state index contributed by atoms with van der Waals surface area (Å²) in [4.78, 5) is 12.5. The third-order valence-electron chi connectivity index (χ3n) is 3.28. The van der Waals surface area contributed by atoms with Gasteiger partial charge in [-0.15, -0.1) is 11.8 Å². The molecule has 104 valence electrons. The first-order chi connectivity index (χ1) is 9.02. The van der Waals surface area contributed by atoms with Gasteiger partial charge in [-0.1, -0.05) is 25.4 Å². The van der Waals surface area contributed by atoms with Crippen LogP contribution in [0.1, 0.15) is 24.2 Å². The third kappa shape index (κ3) is 3.41. The molecule has 0 spiro atoms. The smallest absolute Gasteiger partial charge is 0.176 e. The molecule has 0 saturated carbocycles. The van der Waals surface area contributed by atoms with Gasteiger partial charge in [0.1, 0.15) is 5.75 Å². The van der Waals surface area contributed by atoms with E-state index in [0.29, 0.717) is 26.8 Å². The van der Waals surface area contributed by atoms with Crippen LogP contribution in [-0.2, 0) is 0 Å². The maximum absolute atomic E-state index is 12.5. The Morgan fingerprint density at radius 3 is 2.74 bits per heavy atom. The quantitative estimate of drug-likeness (QED) is 0.782. The highest BCUT2D eigenvalue weighted by molar-refractivity contribution is 8.08. The van der Waals surface area contributed by atoms with Crippen LogP contribution in [0.5, 0.6) is 5.75 Å². The molecule has 0 amide bonds. The molecule has 1 saturated heterocycles. The number of benzene rings is 1. The normalized spacial score (nSPS) is 27.1. The highest BCUT2D eigenvalue weighted by Crippen LogP contribution is 2.37. The fourth-order valence-corrected chi connectivity index (χ4v) is 4.99. The number of hydrogen-bond donors (Lipinski definition) is 0. The van der Waals surface area contributed by atoms with Crippen LogP contribution in [-0.4, -0.2) is 34.4 Å². The lowest BCUT2D eigenvalue weighted by Crippen LogP contribution is -2.31. The fraction of sp³-hybridized carbons (Fsp3) is 0.500. The zero-order valence-electron chi connectivity index (χ0n) is 11.2. The number of carbonyl (C=O) groups excluding carboxylic acids is 1. The Kier molecular flexibility index (Phi) is 5.09. The summed E-state index contributed by atoms with van der Waals surface area (Å²) in [5.41, 5.74) is 0.682. The summed E-state index contributed by atoms with van der Waals surface area (Å²) in [7, 11) is 1.56. The SMILES string of the molecule is COc1cc(C(=O)C2CSC(C)C(C)S2)ccc1Cl. The van der Waals surface area contributed by atoms with Crippen molar-refractivity contribution in [3.8, 4) is 5.75 Å². The summed E-state index contributed by atoms with van der Waals surface area (Å²) in [5.74, 6) is 1.61. The van der Waals surface area contributed by atoms with Crippen molar-refractivity contribution in [2.75, 3.05) is 12.9 Å². The van der Waals surface area contributed by atoms with Gasteiger partial charge in [0.15, 0.2) is 5.78 Å². The maximum atomic E-state index is 12.5. The molecule has 5 heteroatoms. The topological polar surface area (TPSA) is 26.3 Å². The van der Waals surface area contributed by atoms with Crippen molar-refractivity contribution in [3.05, 3.63) is 28.8 Å². The lowest BCUT2D eigenvalue weighted by Gasteiger charge is -2.30. The third-order valence-corrected chi connectivity index (χ3v) is 6.98. The highest BCUT2D eigenvalue weighted by Gasteiger charge is 2.31. The number of thioether (sulfide) groups is 2. The van der Waals surface area contributed by atoms with E-state index in [1.54, 1.807) is 37.1 Å². The summed E-state index contributed by atoms with van der Waals surface area (Å²) in [6.45, 7) is 4.40. The standard InChI is InChI=1S/C14H17ClO2S2/c1-8-9(2)19-13(7-18-8)14(16)10-4-5-11(15)12(6-10)17-3/h4-6,8-9,13H,7H2,1-3H3. The van der Waals surface area contributed by atoms with E-state index in [4.69, 9.17) is 16.3 Å². The molecule has 1 aromatic carbocycles. The van der Waals surface area contributed by atoms with Crippen LogP contribution < -0.4 is 4.74 Å². The molecule has 1 aliphatic heterocycles. The predicted molar refractivity (Wildman–Crippen MR) is 85.1 cm³/mol. The van der Waals surface area contributed by atoms with Gasteiger partial charge in [0.05, 0.1) is 17.4 Å². The number of carbonyl (C=O) groups is 1. The number of ketones is 1. The number of halogens is 1. The van der Waals surface area contributed by atoms with Gasteiger partial charge in [0.25, 0.3) is 0 Å². The minimum atomic E-state index is 0.0297. The summed E-state index contributed by atoms with van der Waals surface area (Å²) in [6, 6.07) is 5.24. The predicted octanol–water partition coefficient (Wildman–Crippen LogP) is 4.16. The molecule has 0 bridgehead atoms. The first kappa shape index (κ1) is 15.1. The highest BCUT2D eigenvalue weighted by atomic mass is 35.5. The molecule has 19 heavy (non-hydrogen) atoms. The monoisotopic (exact) mass is 316 g/mol. The molecular formula is C14H17ClO2S2. The Morgan fingerprint density at radius 1 is 1.37 bits per heavy atom. The molecule has 0 aliphatic carbocycles. The Hall–Kier alpha value is -0.320. The molecule has 0 N–H and O–H groups in total. The number of hydrogen-bond acceptors (Lipinski definition) is 4. The summed E-state index contributed by atoms with van der Waals surface area (Å²) >= 11 is 9.63. The van der Waals surface area contributed by atoms with E-state index >= 15 is 0 Å². The van der Waals surface area contributed by atoms with E-state index < -0.39 is 0 Å². The van der Waals surface area contributed by atoms with Gasteiger partial charge in [-0.2, -0.15) is 11.8 Å². The maximum Gasteiger partial charge on any atom is 0.176 e. The number of rotatable bonds is 3. The number of methoxy groups -OCH3 is 1. The molecule has 1 aliphatic rings. The molecule has 3 atom stereocenters. The van der Waals surface area contributed by atoms with Crippen molar-refractivity contribution in [2.24, 2.45) is 0 Å². The van der Waals surface area contributed by atoms with Gasteiger partial charge in [-0.3, -0.25) is 4.79 Å². The minimum Gasteiger partial charge on any atom is -0.495 e. The molecule has 1 aromatic rings. The summed E-state index contributed by atoms with van der Waals surface area (Å²) < 4.78 is 5.17. The van der Waals surface area contributed by atoms with E-state index in [2.05, 4.69) is 13.8 Å². The first-order valence-electron chi connectivity index (χ1n) is 6.17. The molecule has 0 aromatic heterocycles. The van der Waals surface area contributed by atoms with Gasteiger partial charge in [-0.25, -0.2) is 0 Å². The lowest BCUT2D eigenvalue weighted by molar-refractivity contribution is 0.0994. The van der Waals surface area contributed by atoms with Gasteiger partial charge in [0, 0.05) is 21.8 Å². The van der Waals surface area contributed by atoms with E-state index in [9.17, 15) is 4.79 Å². The Morgan fingerprint density at radius 2 is 2.11 bits per heavy atom. The Labute approximate surface area is 127 Å². The van der Waals surface area contributed by atoms with Crippen LogP contribution in [0.2, 0.25) is 5.02 Å². The summed E-state index contributed by atoms with van der Waals surface area (Å²) in [6.07, 6.45) is 0. The average Bonchev–Trinajstić information content (AvgIpc) is 2.41. The second-order valence-electron chi connectivity index (χ2n) is 4.58. The van der Waals surface area contributed by atoms with Crippen LogP contribution >= 0.6 is 35.1 Å². The molecular weight excluding hydrogens is 300 g/mol. The fourth-order valence-electron chi connectivity index (χ4n) is 1.92. The second-order valence-corrected chi connectivity index (χ2v) is 7.98. The number of Topliss-reactive ketones (excluding diaryl/α,β-unsaturated/α-hetero) is 1. The zero-order chi connectivity index (χ0) is 14.0. The van der Waals surface area contributed by atoms with Crippen LogP contribution in [0, 0.1) is 0 Å². The minimum absolute atomic E-state index is 0.0297. The van der Waals surface area contributed by atoms with E-state index in [-0.39, 0.29) is 11.0 Å². The molecule has 0 radical (unpaired) electrons. The summed E-state index contributed by atoms with van der Waals surface area (Å²) in [5, 5.41) is 1.67. The van der Waals surface area contributed by atoms with E-state index in [1.807, 2.05) is 11.8 Å². The van der Waals surface area contributed by atoms with Crippen molar-refractivity contribution in [1.82, 2.24) is 0 Å². The van der Waals surface area contributed by atoms with Gasteiger partial charge < -0.3 is 4.74 Å². The van der Waals surface area contributed by atoms with E-state index in [1.165, 1.54) is 0 Å². The van der Waals surface area contributed by atoms with E-state index in [0.717, 1.165) is 5.75 Å². The van der Waals surface area contributed by atoms with Crippen molar-refractivity contribution in [2.45, 2.75) is 29.6 Å². The average molecular weight is 317 g/mol. The van der Waals surface area contributed by atoms with Crippen LogP contribution in [0.3, 0.4) is 0 Å². The first-order valence-corrected chi connectivity index (χ1v) is 8.54. The molecule has 2 rings (SSSR count).